The number of amides is 3. The van der Waals surface area contributed by atoms with Crippen LogP contribution in [0.15, 0.2) is 11.8 Å². The molecule has 3 aliphatic heterocycles. The summed E-state index contributed by atoms with van der Waals surface area (Å²) < 4.78 is 0. The second kappa shape index (κ2) is 3.59. The SMILES string of the molecule is CN1C(=O)N[C@H]2[C@@H]3NC(=O)C4=CCC(Cl)N4[C@@H]3C[C@]21O. The van der Waals surface area contributed by atoms with Gasteiger partial charge in [0.25, 0.3) is 5.91 Å². The zero-order valence-corrected chi connectivity index (χ0v) is 11.6. The number of nitrogens with zero attached hydrogens (tertiary/aromatic N) is 2. The van der Waals surface area contributed by atoms with Crippen molar-refractivity contribution in [1.29, 1.82) is 0 Å². The molecule has 7 nitrogen and oxygen atoms in total. The number of fused-ring (bicyclic) bond motifs is 5. The van der Waals surface area contributed by atoms with Crippen molar-refractivity contribution in [3.63, 3.8) is 0 Å². The summed E-state index contributed by atoms with van der Waals surface area (Å²) in [6.45, 7) is 0. The Kier molecular flexibility index (Phi) is 2.20. The van der Waals surface area contributed by atoms with Crippen molar-refractivity contribution in [3.8, 4) is 0 Å². The molecule has 3 N–H and O–H groups in total. The number of halogens is 1. The fraction of sp³-hybridized carbons (Fsp3) is 0.667. The highest BCUT2D eigenvalue weighted by atomic mass is 35.5. The number of carbonyl (C=O) groups excluding carboxylic acids is 2. The molecule has 4 rings (SSSR count). The summed E-state index contributed by atoms with van der Waals surface area (Å²) >= 11 is 6.30. The number of carbonyl (C=O) groups is 2. The van der Waals surface area contributed by atoms with E-state index in [0.717, 1.165) is 0 Å². The summed E-state index contributed by atoms with van der Waals surface area (Å²) in [7, 11) is 1.56. The summed E-state index contributed by atoms with van der Waals surface area (Å²) in [4.78, 5) is 27.1. The lowest BCUT2D eigenvalue weighted by molar-refractivity contribution is -0.122. The number of hydrogen-bond donors (Lipinski definition) is 3. The molecule has 0 radical (unpaired) electrons. The first-order valence-corrected chi connectivity index (χ1v) is 7.07. The van der Waals surface area contributed by atoms with Gasteiger partial charge in [-0.3, -0.25) is 9.69 Å². The quantitative estimate of drug-likeness (QED) is 0.401. The summed E-state index contributed by atoms with van der Waals surface area (Å²) in [5.41, 5.74) is -0.982. The molecule has 2 saturated heterocycles. The van der Waals surface area contributed by atoms with Crippen LogP contribution in [0.5, 0.6) is 0 Å². The van der Waals surface area contributed by atoms with Gasteiger partial charge in [0.1, 0.15) is 17.2 Å². The number of nitrogens with one attached hydrogen (secondary N) is 2. The Balaban J connectivity index is 1.74. The average Bonchev–Trinajstić information content (AvgIpc) is 2.97. The first-order chi connectivity index (χ1) is 9.43. The van der Waals surface area contributed by atoms with E-state index in [0.29, 0.717) is 18.5 Å². The van der Waals surface area contributed by atoms with Crippen molar-refractivity contribution >= 4 is 23.5 Å². The molecule has 3 amide bonds. The molecule has 4 aliphatic rings. The Morgan fingerprint density at radius 3 is 2.95 bits per heavy atom. The van der Waals surface area contributed by atoms with Crippen molar-refractivity contribution < 1.29 is 14.7 Å². The van der Waals surface area contributed by atoms with Crippen LogP contribution in [-0.4, -0.2) is 63.2 Å². The highest BCUT2D eigenvalue weighted by Crippen LogP contribution is 2.45. The van der Waals surface area contributed by atoms with Gasteiger partial charge in [-0.05, 0) is 0 Å². The molecule has 1 aliphatic carbocycles. The third-order valence-electron chi connectivity index (χ3n) is 4.92. The van der Waals surface area contributed by atoms with E-state index in [1.165, 1.54) is 4.90 Å². The van der Waals surface area contributed by atoms with Gasteiger partial charge in [-0.25, -0.2) is 4.79 Å². The molecular formula is C12H15ClN4O3. The number of hydrogen-bond acceptors (Lipinski definition) is 4. The van der Waals surface area contributed by atoms with Crippen LogP contribution < -0.4 is 10.6 Å². The lowest BCUT2D eigenvalue weighted by atomic mass is 10.0. The van der Waals surface area contributed by atoms with Gasteiger partial charge in [-0.2, -0.15) is 0 Å². The molecule has 5 atom stereocenters. The molecule has 8 heteroatoms. The van der Waals surface area contributed by atoms with Gasteiger partial charge >= 0.3 is 6.03 Å². The fourth-order valence-electron chi connectivity index (χ4n) is 3.88. The van der Waals surface area contributed by atoms with Crippen LogP contribution in [0.2, 0.25) is 0 Å². The minimum atomic E-state index is -1.28. The molecule has 20 heavy (non-hydrogen) atoms. The number of alkyl halides is 1. The minimum absolute atomic E-state index is 0.109. The standard InChI is InChI=1S/C12H15ClN4O3/c1-16-11(19)15-9-8-6(4-12(9,16)20)17-5(10(18)14-8)2-3-7(17)13/h2,6-9,20H,3-4H2,1H3,(H,14,18)(H,15,19)/t6-,7?,8-,9+,12+/m1/s1. The van der Waals surface area contributed by atoms with Crippen molar-refractivity contribution in [3.05, 3.63) is 11.8 Å². The van der Waals surface area contributed by atoms with Gasteiger partial charge in [0.2, 0.25) is 0 Å². The molecule has 0 aromatic rings. The van der Waals surface area contributed by atoms with Gasteiger partial charge in [0.05, 0.1) is 12.1 Å². The largest absolute Gasteiger partial charge is 0.368 e. The maximum atomic E-state index is 12.1. The molecule has 1 unspecified atom stereocenters. The van der Waals surface area contributed by atoms with Crippen molar-refractivity contribution in [2.45, 2.75) is 42.2 Å². The predicted molar refractivity (Wildman–Crippen MR) is 69.5 cm³/mol. The summed E-state index contributed by atoms with van der Waals surface area (Å²) in [6.07, 6.45) is 2.79. The smallest absolute Gasteiger partial charge is 0.319 e. The van der Waals surface area contributed by atoms with Crippen LogP contribution in [0.4, 0.5) is 4.79 Å². The normalized spacial score (nSPS) is 45.6. The van der Waals surface area contributed by atoms with E-state index < -0.39 is 11.8 Å². The van der Waals surface area contributed by atoms with Gasteiger partial charge in [0.15, 0.2) is 5.72 Å². The molecular weight excluding hydrogens is 284 g/mol. The third-order valence-corrected chi connectivity index (χ3v) is 5.31. The average molecular weight is 299 g/mol. The summed E-state index contributed by atoms with van der Waals surface area (Å²) in [5, 5.41) is 16.4. The second-order valence-corrected chi connectivity index (χ2v) is 6.31. The molecule has 108 valence electrons. The summed E-state index contributed by atoms with van der Waals surface area (Å²) in [5.74, 6) is -0.192. The van der Waals surface area contributed by atoms with Crippen LogP contribution >= 0.6 is 11.6 Å². The number of likely N-dealkylation sites (N-methyl/N-ethyl adjacent to an activating group) is 1. The molecule has 0 aromatic heterocycles. The Hall–Kier alpha value is -1.47. The zero-order valence-electron chi connectivity index (χ0n) is 10.8. The minimum Gasteiger partial charge on any atom is -0.368 e. The second-order valence-electron chi connectivity index (χ2n) is 5.80. The molecule has 0 bridgehead atoms. The fourth-order valence-corrected chi connectivity index (χ4v) is 4.22. The van der Waals surface area contributed by atoms with Crippen LogP contribution in [0.1, 0.15) is 12.8 Å². The van der Waals surface area contributed by atoms with E-state index in [4.69, 9.17) is 11.6 Å². The van der Waals surface area contributed by atoms with Crippen molar-refractivity contribution in [2.24, 2.45) is 0 Å². The number of aliphatic hydroxyl groups is 1. The van der Waals surface area contributed by atoms with Gasteiger partial charge < -0.3 is 20.6 Å². The number of piperazine rings is 1. The van der Waals surface area contributed by atoms with Crippen LogP contribution in [0, 0.1) is 0 Å². The monoisotopic (exact) mass is 298 g/mol. The molecule has 1 saturated carbocycles. The molecule has 3 fully saturated rings. The number of urea groups is 1. The van der Waals surface area contributed by atoms with E-state index in [2.05, 4.69) is 10.6 Å². The third kappa shape index (κ3) is 1.25. The maximum absolute atomic E-state index is 12.1. The van der Waals surface area contributed by atoms with Gasteiger partial charge in [-0.15, -0.1) is 0 Å². The Morgan fingerprint density at radius 2 is 2.20 bits per heavy atom. The van der Waals surface area contributed by atoms with Gasteiger partial charge in [0, 0.05) is 19.9 Å². The van der Waals surface area contributed by atoms with Crippen LogP contribution in [0.3, 0.4) is 0 Å². The highest BCUT2D eigenvalue weighted by molar-refractivity contribution is 6.21. The van der Waals surface area contributed by atoms with E-state index in [1.54, 1.807) is 7.05 Å². The lowest BCUT2D eigenvalue weighted by Crippen LogP contribution is -2.62. The first kappa shape index (κ1) is 12.3. The highest BCUT2D eigenvalue weighted by Gasteiger charge is 2.65. The summed E-state index contributed by atoms with van der Waals surface area (Å²) in [6, 6.07) is -1.28. The van der Waals surface area contributed by atoms with Crippen LogP contribution in [0.25, 0.3) is 0 Å². The molecule has 0 aromatic carbocycles. The van der Waals surface area contributed by atoms with E-state index in [9.17, 15) is 14.7 Å². The Morgan fingerprint density at radius 1 is 1.45 bits per heavy atom. The maximum Gasteiger partial charge on any atom is 0.319 e. The van der Waals surface area contributed by atoms with Crippen LogP contribution in [-0.2, 0) is 4.79 Å². The number of rotatable bonds is 0. The zero-order chi connectivity index (χ0) is 14.2. The van der Waals surface area contributed by atoms with Crippen molar-refractivity contribution in [1.82, 2.24) is 20.4 Å². The molecule has 3 heterocycles. The Bertz CT molecular complexity index is 553. The topological polar surface area (TPSA) is 84.9 Å². The van der Waals surface area contributed by atoms with Crippen molar-refractivity contribution in [2.75, 3.05) is 7.05 Å². The van der Waals surface area contributed by atoms with E-state index in [-0.39, 0.29) is 29.5 Å². The Labute approximate surface area is 120 Å². The predicted octanol–water partition coefficient (Wildman–Crippen LogP) is -0.876. The van der Waals surface area contributed by atoms with E-state index in [1.807, 2.05) is 11.0 Å². The first-order valence-electron chi connectivity index (χ1n) is 6.63. The molecule has 0 spiro atoms. The van der Waals surface area contributed by atoms with Gasteiger partial charge in [-0.1, -0.05) is 17.7 Å². The van der Waals surface area contributed by atoms with E-state index >= 15 is 0 Å². The lowest BCUT2D eigenvalue weighted by Gasteiger charge is -2.41.